The second kappa shape index (κ2) is 12.9. The standard InChI is InChI=1S/C35H35F2NO3/c1-35(2,3)34(39)41-31-18-14-25(15-19-31)32(24-12-16-30(17-13-24)40-21-20-38(4)5)33(26-8-6-10-28(36)22-26)27-9-7-11-29(37)23-27/h6-19,22-23H,20-21H2,1-5H3. The predicted octanol–water partition coefficient (Wildman–Crippen LogP) is 7.86. The van der Waals surface area contributed by atoms with Crippen LogP contribution in [0.5, 0.6) is 11.5 Å². The second-order valence-corrected chi connectivity index (χ2v) is 11.1. The zero-order valence-electron chi connectivity index (χ0n) is 24.1. The van der Waals surface area contributed by atoms with Crippen LogP contribution in [0.4, 0.5) is 8.78 Å². The van der Waals surface area contributed by atoms with Gasteiger partial charge in [-0.15, -0.1) is 0 Å². The normalized spacial score (nSPS) is 11.3. The number of hydrogen-bond donors (Lipinski definition) is 0. The lowest BCUT2D eigenvalue weighted by Crippen LogP contribution is -2.25. The first-order valence-corrected chi connectivity index (χ1v) is 13.5. The van der Waals surface area contributed by atoms with Gasteiger partial charge in [-0.05, 0) is 117 Å². The van der Waals surface area contributed by atoms with E-state index in [9.17, 15) is 13.6 Å². The summed E-state index contributed by atoms with van der Waals surface area (Å²) in [7, 11) is 3.97. The Morgan fingerprint density at radius 2 is 1.15 bits per heavy atom. The molecule has 0 atom stereocenters. The molecule has 0 N–H and O–H groups in total. The molecular formula is C35H35F2NO3. The van der Waals surface area contributed by atoms with Crippen molar-refractivity contribution in [3.63, 3.8) is 0 Å². The van der Waals surface area contributed by atoms with Gasteiger partial charge < -0.3 is 14.4 Å². The number of likely N-dealkylation sites (N-methyl/N-ethyl adjacent to an activating group) is 1. The summed E-state index contributed by atoms with van der Waals surface area (Å²) in [5.41, 5.74) is 3.57. The number of carbonyl (C=O) groups excluding carboxylic acids is 1. The van der Waals surface area contributed by atoms with Gasteiger partial charge in [-0.3, -0.25) is 4.79 Å². The molecular weight excluding hydrogens is 520 g/mol. The number of nitrogens with zero attached hydrogens (tertiary/aromatic N) is 1. The van der Waals surface area contributed by atoms with Crippen LogP contribution in [0.25, 0.3) is 11.1 Å². The van der Waals surface area contributed by atoms with Crippen LogP contribution in [0.15, 0.2) is 97.1 Å². The van der Waals surface area contributed by atoms with Gasteiger partial charge >= 0.3 is 5.97 Å². The summed E-state index contributed by atoms with van der Waals surface area (Å²) in [6.45, 7) is 6.71. The lowest BCUT2D eigenvalue weighted by Gasteiger charge is -2.20. The number of ether oxygens (including phenoxy) is 2. The average molecular weight is 556 g/mol. The van der Waals surface area contributed by atoms with Crippen LogP contribution in [0.1, 0.15) is 43.0 Å². The molecule has 4 aromatic carbocycles. The minimum Gasteiger partial charge on any atom is -0.492 e. The molecule has 6 heteroatoms. The van der Waals surface area contributed by atoms with Gasteiger partial charge in [-0.1, -0.05) is 48.5 Å². The van der Waals surface area contributed by atoms with Crippen molar-refractivity contribution in [3.05, 3.63) is 131 Å². The number of carbonyl (C=O) groups is 1. The summed E-state index contributed by atoms with van der Waals surface area (Å²) in [6, 6.07) is 27.3. The molecule has 4 rings (SSSR count). The maximum absolute atomic E-state index is 14.5. The van der Waals surface area contributed by atoms with Crippen LogP contribution >= 0.6 is 0 Å². The van der Waals surface area contributed by atoms with Gasteiger partial charge in [-0.2, -0.15) is 0 Å². The van der Waals surface area contributed by atoms with E-state index in [1.54, 1.807) is 45.0 Å². The van der Waals surface area contributed by atoms with Crippen molar-refractivity contribution in [2.24, 2.45) is 5.41 Å². The molecule has 4 nitrogen and oxygen atoms in total. The summed E-state index contributed by atoms with van der Waals surface area (Å²) in [5, 5.41) is 0. The summed E-state index contributed by atoms with van der Waals surface area (Å²) >= 11 is 0. The lowest BCUT2D eigenvalue weighted by molar-refractivity contribution is -0.143. The van der Waals surface area contributed by atoms with E-state index in [0.717, 1.165) is 29.0 Å². The highest BCUT2D eigenvalue weighted by molar-refractivity contribution is 6.04. The van der Waals surface area contributed by atoms with Gasteiger partial charge in [0.2, 0.25) is 0 Å². The molecule has 0 aromatic heterocycles. The Hall–Kier alpha value is -4.29. The molecule has 0 aliphatic heterocycles. The fourth-order valence-electron chi connectivity index (χ4n) is 4.21. The van der Waals surface area contributed by atoms with Crippen LogP contribution in [0, 0.1) is 17.0 Å². The highest BCUT2D eigenvalue weighted by Crippen LogP contribution is 2.38. The van der Waals surface area contributed by atoms with Crippen LogP contribution in [-0.4, -0.2) is 38.1 Å². The van der Waals surface area contributed by atoms with E-state index in [0.29, 0.717) is 29.1 Å². The Morgan fingerprint density at radius 3 is 1.59 bits per heavy atom. The zero-order valence-corrected chi connectivity index (χ0v) is 24.1. The molecule has 0 aliphatic rings. The minimum absolute atomic E-state index is 0.342. The maximum Gasteiger partial charge on any atom is 0.316 e. The van der Waals surface area contributed by atoms with Gasteiger partial charge in [0.15, 0.2) is 0 Å². The molecule has 0 saturated heterocycles. The van der Waals surface area contributed by atoms with E-state index in [-0.39, 0.29) is 5.97 Å². The Bertz CT molecular complexity index is 1470. The van der Waals surface area contributed by atoms with Crippen molar-refractivity contribution < 1.29 is 23.0 Å². The SMILES string of the molecule is CN(C)CCOc1ccc(C(=C(c2cccc(F)c2)c2cccc(F)c2)c2ccc(OC(=O)C(C)(C)C)cc2)cc1. The van der Waals surface area contributed by atoms with E-state index < -0.39 is 17.0 Å². The van der Waals surface area contributed by atoms with Crippen molar-refractivity contribution in [1.29, 1.82) is 0 Å². The van der Waals surface area contributed by atoms with Gasteiger partial charge in [0, 0.05) is 6.54 Å². The topological polar surface area (TPSA) is 38.8 Å². The van der Waals surface area contributed by atoms with Crippen molar-refractivity contribution in [1.82, 2.24) is 4.90 Å². The molecule has 0 spiro atoms. The number of rotatable bonds is 9. The monoisotopic (exact) mass is 555 g/mol. The number of halogens is 2. The summed E-state index contributed by atoms with van der Waals surface area (Å²) in [6.07, 6.45) is 0. The van der Waals surface area contributed by atoms with E-state index >= 15 is 0 Å². The Labute approximate surface area is 240 Å². The van der Waals surface area contributed by atoms with Crippen LogP contribution < -0.4 is 9.47 Å². The predicted molar refractivity (Wildman–Crippen MR) is 160 cm³/mol. The third-order valence-corrected chi connectivity index (χ3v) is 6.39. The molecule has 0 fully saturated rings. The highest BCUT2D eigenvalue weighted by atomic mass is 19.1. The third kappa shape index (κ3) is 7.89. The largest absolute Gasteiger partial charge is 0.492 e. The molecule has 212 valence electrons. The van der Waals surface area contributed by atoms with Crippen LogP contribution in [-0.2, 0) is 4.79 Å². The zero-order chi connectivity index (χ0) is 29.6. The Kier molecular flexibility index (Phi) is 9.35. The van der Waals surface area contributed by atoms with Crippen LogP contribution in [0.2, 0.25) is 0 Å². The van der Waals surface area contributed by atoms with Crippen LogP contribution in [0.3, 0.4) is 0 Å². The highest BCUT2D eigenvalue weighted by Gasteiger charge is 2.24. The first-order chi connectivity index (χ1) is 19.5. The Morgan fingerprint density at radius 1 is 0.683 bits per heavy atom. The van der Waals surface area contributed by atoms with Gasteiger partial charge in [0.05, 0.1) is 5.41 Å². The van der Waals surface area contributed by atoms with E-state index in [1.165, 1.54) is 24.3 Å². The molecule has 0 radical (unpaired) electrons. The molecule has 0 aliphatic carbocycles. The quantitative estimate of drug-likeness (QED) is 0.120. The molecule has 0 unspecified atom stereocenters. The number of hydrogen-bond acceptors (Lipinski definition) is 4. The smallest absolute Gasteiger partial charge is 0.316 e. The molecule has 0 saturated carbocycles. The minimum atomic E-state index is -0.651. The van der Waals surface area contributed by atoms with Crippen molar-refractivity contribution in [3.8, 4) is 11.5 Å². The molecule has 0 bridgehead atoms. The number of benzene rings is 4. The summed E-state index contributed by atoms with van der Waals surface area (Å²) in [4.78, 5) is 14.5. The molecule has 41 heavy (non-hydrogen) atoms. The lowest BCUT2D eigenvalue weighted by atomic mass is 9.85. The third-order valence-electron chi connectivity index (χ3n) is 6.39. The van der Waals surface area contributed by atoms with E-state index in [1.807, 2.05) is 67.5 Å². The van der Waals surface area contributed by atoms with Crippen molar-refractivity contribution in [2.45, 2.75) is 20.8 Å². The molecule has 4 aromatic rings. The van der Waals surface area contributed by atoms with Crippen molar-refractivity contribution in [2.75, 3.05) is 27.2 Å². The maximum atomic E-state index is 14.5. The first-order valence-electron chi connectivity index (χ1n) is 13.5. The van der Waals surface area contributed by atoms with Gasteiger partial charge in [0.25, 0.3) is 0 Å². The summed E-state index contributed by atoms with van der Waals surface area (Å²) in [5.74, 6) is -0.00562. The molecule has 0 amide bonds. The number of esters is 1. The average Bonchev–Trinajstić information content (AvgIpc) is 2.92. The molecule has 0 heterocycles. The summed E-state index contributed by atoms with van der Waals surface area (Å²) < 4.78 is 40.5. The fraction of sp³-hybridized carbons (Fsp3) is 0.229. The van der Waals surface area contributed by atoms with Gasteiger partial charge in [-0.25, -0.2) is 8.78 Å². The van der Waals surface area contributed by atoms with Gasteiger partial charge in [0.1, 0.15) is 29.7 Å². The first kappa shape index (κ1) is 29.7. The second-order valence-electron chi connectivity index (χ2n) is 11.1. The van der Waals surface area contributed by atoms with Crippen molar-refractivity contribution >= 4 is 17.1 Å². The Balaban J connectivity index is 1.88. The fourth-order valence-corrected chi connectivity index (χ4v) is 4.21. The van der Waals surface area contributed by atoms with E-state index in [4.69, 9.17) is 9.47 Å². The van der Waals surface area contributed by atoms with E-state index in [2.05, 4.69) is 0 Å².